The molecule has 0 aromatic heterocycles. The SMILES string of the molecule is CC(N)(C#N)CCCN1CCC(C(F)(F)F)CC1. The molecule has 0 amide bonds. The van der Waals surface area contributed by atoms with Crippen molar-refractivity contribution in [3.8, 4) is 6.07 Å². The summed E-state index contributed by atoms with van der Waals surface area (Å²) in [5.41, 5.74) is 4.85. The predicted molar refractivity (Wildman–Crippen MR) is 62.7 cm³/mol. The number of hydrogen-bond acceptors (Lipinski definition) is 3. The zero-order valence-electron chi connectivity index (χ0n) is 10.6. The standard InChI is InChI=1S/C12H20F3N3/c1-11(17,9-16)5-2-6-18-7-3-10(4-8-18)12(13,14)15/h10H,2-8,17H2,1H3. The molecule has 1 heterocycles. The van der Waals surface area contributed by atoms with Crippen LogP contribution in [0.1, 0.15) is 32.6 Å². The first-order valence-electron chi connectivity index (χ1n) is 6.24. The summed E-state index contributed by atoms with van der Waals surface area (Å²) < 4.78 is 37.4. The molecule has 6 heteroatoms. The first-order valence-corrected chi connectivity index (χ1v) is 6.24. The summed E-state index contributed by atoms with van der Waals surface area (Å²) in [6.45, 7) is 3.36. The molecule has 1 fully saturated rings. The van der Waals surface area contributed by atoms with Gasteiger partial charge in [-0.25, -0.2) is 0 Å². The molecule has 104 valence electrons. The molecule has 2 N–H and O–H groups in total. The van der Waals surface area contributed by atoms with Crippen LogP contribution in [-0.2, 0) is 0 Å². The van der Waals surface area contributed by atoms with Crippen LogP contribution in [0, 0.1) is 17.2 Å². The van der Waals surface area contributed by atoms with Gasteiger partial charge in [0.25, 0.3) is 0 Å². The van der Waals surface area contributed by atoms with E-state index in [1.54, 1.807) is 6.92 Å². The third-order valence-electron chi connectivity index (χ3n) is 3.48. The number of likely N-dealkylation sites (tertiary alicyclic amines) is 1. The van der Waals surface area contributed by atoms with Crippen molar-refractivity contribution >= 4 is 0 Å². The predicted octanol–water partition coefficient (Wildman–Crippen LogP) is 2.28. The Morgan fingerprint density at radius 1 is 1.33 bits per heavy atom. The first kappa shape index (κ1) is 15.3. The van der Waals surface area contributed by atoms with Crippen molar-refractivity contribution in [2.24, 2.45) is 11.7 Å². The minimum atomic E-state index is -4.05. The third kappa shape index (κ3) is 4.83. The van der Waals surface area contributed by atoms with E-state index in [-0.39, 0.29) is 12.8 Å². The lowest BCUT2D eigenvalue weighted by atomic mass is 9.95. The monoisotopic (exact) mass is 263 g/mol. The molecule has 1 saturated heterocycles. The van der Waals surface area contributed by atoms with Crippen molar-refractivity contribution in [1.82, 2.24) is 4.90 Å². The van der Waals surface area contributed by atoms with E-state index in [0.717, 1.165) is 13.0 Å². The maximum absolute atomic E-state index is 12.5. The van der Waals surface area contributed by atoms with Gasteiger partial charge in [0, 0.05) is 0 Å². The van der Waals surface area contributed by atoms with E-state index in [0.29, 0.717) is 19.5 Å². The van der Waals surface area contributed by atoms with E-state index in [4.69, 9.17) is 11.0 Å². The molecule has 1 atom stereocenters. The molecule has 0 radical (unpaired) electrons. The Hall–Kier alpha value is -0.800. The van der Waals surface area contributed by atoms with Crippen LogP contribution < -0.4 is 5.73 Å². The highest BCUT2D eigenvalue weighted by atomic mass is 19.4. The molecular formula is C12H20F3N3. The lowest BCUT2D eigenvalue weighted by Gasteiger charge is -2.33. The Bertz CT molecular complexity index is 299. The van der Waals surface area contributed by atoms with Crippen molar-refractivity contribution in [3.05, 3.63) is 0 Å². The number of rotatable bonds is 4. The summed E-state index contributed by atoms with van der Waals surface area (Å²) >= 11 is 0. The van der Waals surface area contributed by atoms with Crippen molar-refractivity contribution in [2.75, 3.05) is 19.6 Å². The summed E-state index contributed by atoms with van der Waals surface area (Å²) in [6, 6.07) is 2.02. The smallest absolute Gasteiger partial charge is 0.314 e. The normalized spacial score (nSPS) is 22.4. The van der Waals surface area contributed by atoms with Gasteiger partial charge in [0.15, 0.2) is 0 Å². The molecule has 0 saturated carbocycles. The van der Waals surface area contributed by atoms with E-state index in [1.807, 2.05) is 11.0 Å². The Kier molecular flexibility index (Phi) is 5.00. The average Bonchev–Trinajstić information content (AvgIpc) is 2.28. The van der Waals surface area contributed by atoms with Crippen molar-refractivity contribution in [1.29, 1.82) is 5.26 Å². The van der Waals surface area contributed by atoms with Crippen LogP contribution in [0.15, 0.2) is 0 Å². The summed E-state index contributed by atoms with van der Waals surface area (Å²) in [7, 11) is 0. The molecule has 0 aromatic carbocycles. The fourth-order valence-corrected chi connectivity index (χ4v) is 2.21. The molecule has 1 aliphatic rings. The van der Waals surface area contributed by atoms with Gasteiger partial charge in [-0.3, -0.25) is 0 Å². The fourth-order valence-electron chi connectivity index (χ4n) is 2.21. The van der Waals surface area contributed by atoms with Crippen molar-refractivity contribution in [3.63, 3.8) is 0 Å². The molecule has 3 nitrogen and oxygen atoms in total. The summed E-state index contributed by atoms with van der Waals surface area (Å²) in [5.74, 6) is -1.15. The highest BCUT2D eigenvalue weighted by Crippen LogP contribution is 2.34. The molecule has 1 unspecified atom stereocenters. The summed E-state index contributed by atoms with van der Waals surface area (Å²) in [4.78, 5) is 2.02. The second-order valence-corrected chi connectivity index (χ2v) is 5.29. The molecule has 1 aliphatic heterocycles. The van der Waals surface area contributed by atoms with Gasteiger partial charge >= 0.3 is 6.18 Å². The second kappa shape index (κ2) is 5.89. The van der Waals surface area contributed by atoms with Crippen LogP contribution in [0.5, 0.6) is 0 Å². The van der Waals surface area contributed by atoms with Crippen LogP contribution in [0.2, 0.25) is 0 Å². The Morgan fingerprint density at radius 2 is 1.89 bits per heavy atom. The van der Waals surface area contributed by atoms with Gasteiger partial charge in [0.1, 0.15) is 5.54 Å². The van der Waals surface area contributed by atoms with Gasteiger partial charge in [-0.2, -0.15) is 18.4 Å². The average molecular weight is 263 g/mol. The molecule has 0 bridgehead atoms. The number of piperidine rings is 1. The largest absolute Gasteiger partial charge is 0.391 e. The number of nitrogens with two attached hydrogens (primary N) is 1. The van der Waals surface area contributed by atoms with E-state index < -0.39 is 17.6 Å². The lowest BCUT2D eigenvalue weighted by molar-refractivity contribution is -0.185. The molecule has 0 aromatic rings. The van der Waals surface area contributed by atoms with Crippen LogP contribution in [0.3, 0.4) is 0 Å². The highest BCUT2D eigenvalue weighted by molar-refractivity contribution is 5.00. The zero-order valence-corrected chi connectivity index (χ0v) is 10.6. The van der Waals surface area contributed by atoms with Gasteiger partial charge in [-0.15, -0.1) is 0 Å². The summed E-state index contributed by atoms with van der Waals surface area (Å²) in [5, 5.41) is 8.74. The van der Waals surface area contributed by atoms with Gasteiger partial charge in [-0.1, -0.05) is 0 Å². The second-order valence-electron chi connectivity index (χ2n) is 5.29. The Labute approximate surface area is 106 Å². The maximum atomic E-state index is 12.5. The van der Waals surface area contributed by atoms with Crippen LogP contribution >= 0.6 is 0 Å². The third-order valence-corrected chi connectivity index (χ3v) is 3.48. The van der Waals surface area contributed by atoms with Gasteiger partial charge < -0.3 is 10.6 Å². The minimum absolute atomic E-state index is 0.182. The van der Waals surface area contributed by atoms with E-state index in [2.05, 4.69) is 0 Å². The quantitative estimate of drug-likeness (QED) is 0.846. The van der Waals surface area contributed by atoms with Crippen molar-refractivity contribution < 1.29 is 13.2 Å². The van der Waals surface area contributed by atoms with Gasteiger partial charge in [0.05, 0.1) is 12.0 Å². The van der Waals surface area contributed by atoms with E-state index in [9.17, 15) is 13.2 Å². The Morgan fingerprint density at radius 3 is 2.33 bits per heavy atom. The number of nitrogens with zero attached hydrogens (tertiary/aromatic N) is 2. The number of hydrogen-bond donors (Lipinski definition) is 1. The topological polar surface area (TPSA) is 53.1 Å². The highest BCUT2D eigenvalue weighted by Gasteiger charge is 2.40. The van der Waals surface area contributed by atoms with Crippen LogP contribution in [-0.4, -0.2) is 36.2 Å². The molecule has 0 spiro atoms. The number of alkyl halides is 3. The zero-order chi connectivity index (χ0) is 13.8. The lowest BCUT2D eigenvalue weighted by Crippen LogP contribution is -2.40. The minimum Gasteiger partial charge on any atom is -0.314 e. The summed E-state index contributed by atoms with van der Waals surface area (Å²) in [6.07, 6.45) is -2.37. The fraction of sp³-hybridized carbons (Fsp3) is 0.917. The molecular weight excluding hydrogens is 243 g/mol. The first-order chi connectivity index (χ1) is 8.24. The molecule has 18 heavy (non-hydrogen) atoms. The number of nitriles is 1. The van der Waals surface area contributed by atoms with Gasteiger partial charge in [-0.05, 0) is 52.2 Å². The molecule has 1 rings (SSSR count). The van der Waals surface area contributed by atoms with E-state index >= 15 is 0 Å². The maximum Gasteiger partial charge on any atom is 0.391 e. The number of halogens is 3. The Balaban J connectivity index is 2.23. The van der Waals surface area contributed by atoms with Gasteiger partial charge in [0.2, 0.25) is 0 Å². The van der Waals surface area contributed by atoms with E-state index in [1.165, 1.54) is 0 Å². The molecule has 0 aliphatic carbocycles. The van der Waals surface area contributed by atoms with Crippen molar-refractivity contribution in [2.45, 2.75) is 44.3 Å². The van der Waals surface area contributed by atoms with Crippen LogP contribution in [0.25, 0.3) is 0 Å². The van der Waals surface area contributed by atoms with Crippen LogP contribution in [0.4, 0.5) is 13.2 Å².